The molecule has 1 saturated heterocycles. The third kappa shape index (κ3) is 3.47. The molecule has 2 heterocycles. The number of nitrogens with one attached hydrogen (secondary N) is 1. The zero-order valence-electron chi connectivity index (χ0n) is 11.5. The van der Waals surface area contributed by atoms with E-state index in [1.807, 2.05) is 0 Å². The molecule has 1 aromatic rings. The SMILES string of the molecule is Cn1nccc1C=CC(=O)N1CCNC(=O)C1CC(=O)O. The lowest BCUT2D eigenvalue weighted by Gasteiger charge is -2.33. The predicted octanol–water partition coefficient (Wildman–Crippen LogP) is -0.765. The molecule has 2 rings (SSSR count). The van der Waals surface area contributed by atoms with E-state index in [4.69, 9.17) is 5.11 Å². The molecule has 0 bridgehead atoms. The molecule has 8 heteroatoms. The summed E-state index contributed by atoms with van der Waals surface area (Å²) in [6.45, 7) is 0.610. The van der Waals surface area contributed by atoms with E-state index in [0.29, 0.717) is 6.54 Å². The number of carbonyl (C=O) groups excluding carboxylic acids is 2. The first-order valence-electron chi connectivity index (χ1n) is 6.45. The van der Waals surface area contributed by atoms with E-state index in [9.17, 15) is 14.4 Å². The van der Waals surface area contributed by atoms with E-state index >= 15 is 0 Å². The number of carbonyl (C=O) groups is 3. The Bertz CT molecular complexity index is 593. The number of nitrogens with zero attached hydrogens (tertiary/aromatic N) is 3. The monoisotopic (exact) mass is 292 g/mol. The van der Waals surface area contributed by atoms with E-state index in [1.165, 1.54) is 11.0 Å². The van der Waals surface area contributed by atoms with Crippen LogP contribution in [0.25, 0.3) is 6.08 Å². The fraction of sp³-hybridized carbons (Fsp3) is 0.385. The number of hydrogen-bond donors (Lipinski definition) is 2. The first kappa shape index (κ1) is 14.8. The number of aromatic nitrogens is 2. The number of amides is 2. The molecule has 112 valence electrons. The van der Waals surface area contributed by atoms with Gasteiger partial charge in [0.2, 0.25) is 11.8 Å². The van der Waals surface area contributed by atoms with Crippen molar-refractivity contribution in [3.63, 3.8) is 0 Å². The minimum absolute atomic E-state index is 0.290. The summed E-state index contributed by atoms with van der Waals surface area (Å²) in [7, 11) is 1.74. The van der Waals surface area contributed by atoms with Crippen LogP contribution in [0.1, 0.15) is 12.1 Å². The van der Waals surface area contributed by atoms with Gasteiger partial charge in [-0.2, -0.15) is 5.10 Å². The van der Waals surface area contributed by atoms with E-state index in [2.05, 4.69) is 10.4 Å². The van der Waals surface area contributed by atoms with Gasteiger partial charge in [-0.3, -0.25) is 19.1 Å². The van der Waals surface area contributed by atoms with Gasteiger partial charge < -0.3 is 15.3 Å². The molecule has 1 fully saturated rings. The molecule has 0 saturated carbocycles. The molecular formula is C13H16N4O4. The summed E-state index contributed by atoms with van der Waals surface area (Å²) < 4.78 is 1.60. The molecule has 2 N–H and O–H groups in total. The van der Waals surface area contributed by atoms with E-state index in [1.54, 1.807) is 30.1 Å². The highest BCUT2D eigenvalue weighted by molar-refractivity contribution is 5.97. The summed E-state index contributed by atoms with van der Waals surface area (Å²) in [5.41, 5.74) is 0.736. The van der Waals surface area contributed by atoms with Gasteiger partial charge in [-0.05, 0) is 12.1 Å². The third-order valence-corrected chi connectivity index (χ3v) is 3.24. The van der Waals surface area contributed by atoms with Crippen LogP contribution in [0.2, 0.25) is 0 Å². The minimum Gasteiger partial charge on any atom is -0.481 e. The van der Waals surface area contributed by atoms with E-state index in [-0.39, 0.29) is 6.54 Å². The van der Waals surface area contributed by atoms with E-state index < -0.39 is 30.2 Å². The molecule has 21 heavy (non-hydrogen) atoms. The maximum Gasteiger partial charge on any atom is 0.305 e. The number of piperazine rings is 1. The van der Waals surface area contributed by atoms with Gasteiger partial charge in [0.1, 0.15) is 6.04 Å². The zero-order valence-corrected chi connectivity index (χ0v) is 11.5. The molecule has 1 aliphatic heterocycles. The molecule has 1 aliphatic rings. The summed E-state index contributed by atoms with van der Waals surface area (Å²) in [4.78, 5) is 36.0. The number of hydrogen-bond acceptors (Lipinski definition) is 4. The van der Waals surface area contributed by atoms with Crippen LogP contribution in [0.15, 0.2) is 18.3 Å². The molecule has 1 unspecified atom stereocenters. The van der Waals surface area contributed by atoms with Crippen molar-refractivity contribution in [3.05, 3.63) is 24.0 Å². The Hall–Kier alpha value is -2.64. The largest absolute Gasteiger partial charge is 0.481 e. The summed E-state index contributed by atoms with van der Waals surface area (Å²) in [5, 5.41) is 15.4. The predicted molar refractivity (Wildman–Crippen MR) is 73.0 cm³/mol. The third-order valence-electron chi connectivity index (χ3n) is 3.24. The first-order chi connectivity index (χ1) is 9.99. The Morgan fingerprint density at radius 1 is 1.57 bits per heavy atom. The Morgan fingerprint density at radius 3 is 2.95 bits per heavy atom. The minimum atomic E-state index is -1.12. The van der Waals surface area contributed by atoms with Gasteiger partial charge in [0.15, 0.2) is 0 Å². The lowest BCUT2D eigenvalue weighted by atomic mass is 10.1. The van der Waals surface area contributed by atoms with Crippen LogP contribution < -0.4 is 5.32 Å². The second-order valence-electron chi connectivity index (χ2n) is 4.65. The molecule has 0 aliphatic carbocycles. The summed E-state index contributed by atoms with van der Waals surface area (Å²) >= 11 is 0. The molecule has 0 aromatic carbocycles. The zero-order chi connectivity index (χ0) is 15.4. The Balaban J connectivity index is 2.12. The summed E-state index contributed by atoms with van der Waals surface area (Å²) in [6.07, 6.45) is 4.10. The number of aryl methyl sites for hydroxylation is 1. The number of carboxylic acids is 1. The van der Waals surface area contributed by atoms with Gasteiger partial charge in [-0.15, -0.1) is 0 Å². The molecule has 1 aromatic heterocycles. The van der Waals surface area contributed by atoms with Crippen molar-refractivity contribution in [2.45, 2.75) is 12.5 Å². The van der Waals surface area contributed by atoms with Crippen molar-refractivity contribution in [3.8, 4) is 0 Å². The second-order valence-corrected chi connectivity index (χ2v) is 4.65. The van der Waals surface area contributed by atoms with Crippen LogP contribution in [0.4, 0.5) is 0 Å². The highest BCUT2D eigenvalue weighted by Gasteiger charge is 2.33. The Kier molecular flexibility index (Phi) is 4.36. The average Bonchev–Trinajstić information content (AvgIpc) is 2.83. The summed E-state index contributed by atoms with van der Waals surface area (Å²) in [5.74, 6) is -1.95. The van der Waals surface area contributed by atoms with Gasteiger partial charge >= 0.3 is 5.97 Å². The lowest BCUT2D eigenvalue weighted by Crippen LogP contribution is -2.57. The average molecular weight is 292 g/mol. The normalized spacial score (nSPS) is 18.8. The maximum absolute atomic E-state index is 12.2. The topological polar surface area (TPSA) is 105 Å². The van der Waals surface area contributed by atoms with Crippen molar-refractivity contribution < 1.29 is 19.5 Å². The molecule has 0 spiro atoms. The highest BCUT2D eigenvalue weighted by atomic mass is 16.4. The van der Waals surface area contributed by atoms with E-state index in [0.717, 1.165) is 5.69 Å². The van der Waals surface area contributed by atoms with Gasteiger partial charge in [-0.1, -0.05) is 0 Å². The fourth-order valence-corrected chi connectivity index (χ4v) is 2.15. The smallest absolute Gasteiger partial charge is 0.305 e. The second kappa shape index (κ2) is 6.21. The Labute approximate surface area is 121 Å². The van der Waals surface area contributed by atoms with Gasteiger partial charge in [0.05, 0.1) is 12.1 Å². The molecular weight excluding hydrogens is 276 g/mol. The van der Waals surface area contributed by atoms with Crippen molar-refractivity contribution >= 4 is 23.9 Å². The molecule has 8 nitrogen and oxygen atoms in total. The fourth-order valence-electron chi connectivity index (χ4n) is 2.15. The van der Waals surface area contributed by atoms with Crippen molar-refractivity contribution in [1.82, 2.24) is 20.0 Å². The van der Waals surface area contributed by atoms with Gasteiger partial charge in [0, 0.05) is 32.4 Å². The van der Waals surface area contributed by atoms with Crippen molar-refractivity contribution in [2.75, 3.05) is 13.1 Å². The summed E-state index contributed by atoms with van der Waals surface area (Å²) in [6, 6.07) is 0.765. The van der Waals surface area contributed by atoms with Gasteiger partial charge in [0.25, 0.3) is 0 Å². The number of rotatable bonds is 4. The highest BCUT2D eigenvalue weighted by Crippen LogP contribution is 2.11. The van der Waals surface area contributed by atoms with Crippen molar-refractivity contribution in [1.29, 1.82) is 0 Å². The molecule has 0 radical (unpaired) electrons. The maximum atomic E-state index is 12.2. The molecule has 2 amide bonds. The number of aliphatic carboxylic acids is 1. The van der Waals surface area contributed by atoms with Gasteiger partial charge in [-0.25, -0.2) is 0 Å². The Morgan fingerprint density at radius 2 is 2.33 bits per heavy atom. The van der Waals surface area contributed by atoms with Crippen LogP contribution in [0.3, 0.4) is 0 Å². The quantitative estimate of drug-likeness (QED) is 0.709. The molecule has 1 atom stereocenters. The first-order valence-corrected chi connectivity index (χ1v) is 6.45. The van der Waals surface area contributed by atoms with Crippen LogP contribution in [0.5, 0.6) is 0 Å². The lowest BCUT2D eigenvalue weighted by molar-refractivity contribution is -0.146. The standard InChI is InChI=1S/C13H16N4O4/c1-16-9(4-5-15-16)2-3-11(18)17-7-6-14-13(21)10(17)8-12(19)20/h2-5,10H,6-8H2,1H3,(H,14,21)(H,19,20). The van der Waals surface area contributed by atoms with Crippen LogP contribution in [0, 0.1) is 0 Å². The van der Waals surface area contributed by atoms with Crippen LogP contribution in [-0.2, 0) is 21.4 Å². The van der Waals surface area contributed by atoms with Crippen molar-refractivity contribution in [2.24, 2.45) is 7.05 Å². The van der Waals surface area contributed by atoms with Crippen LogP contribution in [-0.4, -0.2) is 56.7 Å². The van der Waals surface area contributed by atoms with Crippen LogP contribution >= 0.6 is 0 Å². The number of carboxylic acid groups (broad SMARTS) is 1.